The molecule has 1 saturated heterocycles. The van der Waals surface area contributed by atoms with Crippen LogP contribution in [0.25, 0.3) is 0 Å². The van der Waals surface area contributed by atoms with Gasteiger partial charge in [0.1, 0.15) is 0 Å². The first kappa shape index (κ1) is 11.8. The van der Waals surface area contributed by atoms with Crippen LogP contribution in [0.5, 0.6) is 0 Å². The molecule has 1 fully saturated rings. The molecule has 1 aromatic rings. The third kappa shape index (κ3) is 1.68. The molecule has 0 aromatic heterocycles. The zero-order chi connectivity index (χ0) is 12.8. The van der Waals surface area contributed by atoms with Gasteiger partial charge < -0.3 is 15.7 Å². The molecule has 96 valence electrons. The number of hydrogen-bond acceptors (Lipinski definition) is 3. The fourth-order valence-corrected chi connectivity index (χ4v) is 3.51. The Bertz CT molecular complexity index is 510. The third-order valence-electron chi connectivity index (χ3n) is 4.05. The monoisotopic (exact) mass is 266 g/mol. The van der Waals surface area contributed by atoms with Crippen molar-refractivity contribution in [2.45, 2.75) is 18.3 Å². The number of carboxylic acid groups (broad SMARTS) is 1. The molecular weight excluding hydrogens is 252 g/mol. The van der Waals surface area contributed by atoms with Crippen molar-refractivity contribution in [1.29, 1.82) is 0 Å². The van der Waals surface area contributed by atoms with Gasteiger partial charge in [-0.1, -0.05) is 11.6 Å². The quantitative estimate of drug-likeness (QED) is 0.728. The summed E-state index contributed by atoms with van der Waals surface area (Å²) < 4.78 is 0. The largest absolute Gasteiger partial charge is 0.478 e. The number of aromatic carboxylic acids is 1. The Hall–Kier alpha value is -1.26. The predicted octanol–water partition coefficient (Wildman–Crippen LogP) is 2.08. The van der Waals surface area contributed by atoms with Gasteiger partial charge in [-0.05, 0) is 38.1 Å². The minimum atomic E-state index is -0.937. The third-order valence-corrected chi connectivity index (χ3v) is 4.34. The average molecular weight is 267 g/mol. The van der Waals surface area contributed by atoms with E-state index in [-0.39, 0.29) is 11.0 Å². The van der Waals surface area contributed by atoms with Gasteiger partial charge in [-0.2, -0.15) is 0 Å². The Kier molecular flexibility index (Phi) is 2.72. The number of hydrogen-bond donors (Lipinski definition) is 3. The SMILES string of the molecule is O=C(O)c1cc(Cl)c2c(c1)NCC21CCNCC1. The summed E-state index contributed by atoms with van der Waals surface area (Å²) in [7, 11) is 0. The van der Waals surface area contributed by atoms with Crippen LogP contribution in [-0.2, 0) is 5.41 Å². The van der Waals surface area contributed by atoms with Gasteiger partial charge >= 0.3 is 5.97 Å². The zero-order valence-corrected chi connectivity index (χ0v) is 10.7. The molecule has 5 heteroatoms. The van der Waals surface area contributed by atoms with Crippen LogP contribution in [0, 0.1) is 0 Å². The molecule has 0 radical (unpaired) electrons. The Labute approximate surface area is 110 Å². The summed E-state index contributed by atoms with van der Waals surface area (Å²) in [6.07, 6.45) is 2.08. The van der Waals surface area contributed by atoms with Crippen molar-refractivity contribution in [3.05, 3.63) is 28.3 Å². The lowest BCUT2D eigenvalue weighted by molar-refractivity contribution is 0.0697. The van der Waals surface area contributed by atoms with E-state index in [1.807, 2.05) is 0 Å². The summed E-state index contributed by atoms with van der Waals surface area (Å²) in [5, 5.41) is 16.3. The standard InChI is InChI=1S/C13H15ClN2O2/c14-9-5-8(12(17)18)6-10-11(9)13(7-16-10)1-3-15-4-2-13/h5-6,15-16H,1-4,7H2,(H,17,18). The molecule has 1 aromatic carbocycles. The van der Waals surface area contributed by atoms with Crippen LogP contribution in [0.3, 0.4) is 0 Å². The van der Waals surface area contributed by atoms with Crippen LogP contribution in [0.1, 0.15) is 28.8 Å². The number of fused-ring (bicyclic) bond motifs is 2. The van der Waals surface area contributed by atoms with E-state index < -0.39 is 5.97 Å². The van der Waals surface area contributed by atoms with Gasteiger partial charge in [0, 0.05) is 28.2 Å². The smallest absolute Gasteiger partial charge is 0.335 e. The minimum absolute atomic E-state index is 0.0781. The van der Waals surface area contributed by atoms with Crippen molar-refractivity contribution in [3.63, 3.8) is 0 Å². The van der Waals surface area contributed by atoms with Crippen LogP contribution < -0.4 is 10.6 Å². The van der Waals surface area contributed by atoms with E-state index in [0.717, 1.165) is 43.7 Å². The highest BCUT2D eigenvalue weighted by Gasteiger charge is 2.41. The first-order valence-corrected chi connectivity index (χ1v) is 6.52. The normalized spacial score (nSPS) is 20.5. The molecule has 4 nitrogen and oxygen atoms in total. The first-order valence-electron chi connectivity index (χ1n) is 6.14. The van der Waals surface area contributed by atoms with Crippen LogP contribution in [0.15, 0.2) is 12.1 Å². The van der Waals surface area contributed by atoms with E-state index in [4.69, 9.17) is 16.7 Å². The molecular formula is C13H15ClN2O2. The molecule has 0 aliphatic carbocycles. The molecule has 0 unspecified atom stereocenters. The topological polar surface area (TPSA) is 61.4 Å². The fraction of sp³-hybridized carbons (Fsp3) is 0.462. The Morgan fingerprint density at radius 1 is 1.33 bits per heavy atom. The highest BCUT2D eigenvalue weighted by Crippen LogP contribution is 2.46. The van der Waals surface area contributed by atoms with Crippen LogP contribution >= 0.6 is 11.6 Å². The van der Waals surface area contributed by atoms with E-state index >= 15 is 0 Å². The molecule has 2 aliphatic heterocycles. The number of benzene rings is 1. The summed E-state index contributed by atoms with van der Waals surface area (Å²) in [6.45, 7) is 2.82. The van der Waals surface area contributed by atoms with E-state index in [1.54, 1.807) is 12.1 Å². The Balaban J connectivity index is 2.09. The number of nitrogens with one attached hydrogen (secondary N) is 2. The van der Waals surface area contributed by atoms with Crippen LogP contribution in [0.4, 0.5) is 5.69 Å². The second-order valence-corrected chi connectivity index (χ2v) is 5.48. The summed E-state index contributed by atoms with van der Waals surface area (Å²) in [6, 6.07) is 3.26. The molecule has 0 atom stereocenters. The molecule has 3 N–H and O–H groups in total. The predicted molar refractivity (Wildman–Crippen MR) is 70.7 cm³/mol. The van der Waals surface area contributed by atoms with Crippen molar-refractivity contribution in [2.75, 3.05) is 25.0 Å². The highest BCUT2D eigenvalue weighted by atomic mass is 35.5. The van der Waals surface area contributed by atoms with E-state index in [9.17, 15) is 4.79 Å². The fourth-order valence-electron chi connectivity index (χ4n) is 3.09. The van der Waals surface area contributed by atoms with Crippen molar-refractivity contribution in [2.24, 2.45) is 0 Å². The molecule has 2 heterocycles. The van der Waals surface area contributed by atoms with E-state index in [1.165, 1.54) is 0 Å². The van der Waals surface area contributed by atoms with Gasteiger partial charge in [0.05, 0.1) is 5.56 Å². The van der Waals surface area contributed by atoms with Gasteiger partial charge in [-0.3, -0.25) is 0 Å². The van der Waals surface area contributed by atoms with Gasteiger partial charge in [0.25, 0.3) is 0 Å². The number of carboxylic acids is 1. The maximum Gasteiger partial charge on any atom is 0.335 e. The van der Waals surface area contributed by atoms with Gasteiger partial charge in [-0.25, -0.2) is 4.79 Å². The number of carbonyl (C=O) groups is 1. The second kappa shape index (κ2) is 4.14. The molecule has 18 heavy (non-hydrogen) atoms. The van der Waals surface area contributed by atoms with Crippen molar-refractivity contribution < 1.29 is 9.90 Å². The van der Waals surface area contributed by atoms with E-state index in [0.29, 0.717) is 5.02 Å². The molecule has 2 aliphatic rings. The summed E-state index contributed by atoms with van der Waals surface area (Å²) >= 11 is 6.32. The second-order valence-electron chi connectivity index (χ2n) is 5.07. The number of anilines is 1. The average Bonchev–Trinajstić information content (AvgIpc) is 2.69. The summed E-state index contributed by atoms with van der Waals surface area (Å²) in [5.74, 6) is -0.937. The van der Waals surface area contributed by atoms with Gasteiger partial charge in [0.15, 0.2) is 0 Å². The number of rotatable bonds is 1. The Morgan fingerprint density at radius 3 is 2.72 bits per heavy atom. The lowest BCUT2D eigenvalue weighted by Gasteiger charge is -2.34. The maximum atomic E-state index is 11.0. The summed E-state index contributed by atoms with van der Waals surface area (Å²) in [5.41, 5.74) is 2.32. The Morgan fingerprint density at radius 2 is 2.06 bits per heavy atom. The minimum Gasteiger partial charge on any atom is -0.478 e. The molecule has 0 bridgehead atoms. The molecule has 0 saturated carbocycles. The number of piperidine rings is 1. The van der Waals surface area contributed by atoms with Crippen molar-refractivity contribution in [1.82, 2.24) is 5.32 Å². The van der Waals surface area contributed by atoms with Gasteiger partial charge in [0.2, 0.25) is 0 Å². The van der Waals surface area contributed by atoms with Crippen LogP contribution in [0.2, 0.25) is 5.02 Å². The highest BCUT2D eigenvalue weighted by molar-refractivity contribution is 6.32. The van der Waals surface area contributed by atoms with Crippen molar-refractivity contribution >= 4 is 23.3 Å². The molecule has 0 amide bonds. The van der Waals surface area contributed by atoms with E-state index in [2.05, 4.69) is 10.6 Å². The molecule has 1 spiro atoms. The maximum absolute atomic E-state index is 11.0. The molecule has 3 rings (SSSR count). The van der Waals surface area contributed by atoms with Crippen LogP contribution in [-0.4, -0.2) is 30.7 Å². The van der Waals surface area contributed by atoms with Crippen molar-refractivity contribution in [3.8, 4) is 0 Å². The summed E-state index contributed by atoms with van der Waals surface area (Å²) in [4.78, 5) is 11.0. The zero-order valence-electron chi connectivity index (χ0n) is 9.92. The first-order chi connectivity index (χ1) is 8.62. The lowest BCUT2D eigenvalue weighted by atomic mass is 9.74. The van der Waals surface area contributed by atoms with Gasteiger partial charge in [-0.15, -0.1) is 0 Å². The lowest BCUT2D eigenvalue weighted by Crippen LogP contribution is -2.41. The number of halogens is 1.